The third-order valence-corrected chi connectivity index (χ3v) is 4.44. The van der Waals surface area contributed by atoms with Gasteiger partial charge in [0.05, 0.1) is 24.4 Å². The first-order valence-corrected chi connectivity index (χ1v) is 7.96. The summed E-state index contributed by atoms with van der Waals surface area (Å²) in [6, 6.07) is 9.85. The van der Waals surface area contributed by atoms with Gasteiger partial charge in [0, 0.05) is 17.9 Å². The first-order valence-electron chi connectivity index (χ1n) is 6.97. The average molecular weight is 316 g/mol. The Labute approximate surface area is 132 Å². The number of rotatable bonds is 5. The SMILES string of the molecule is CCn1c(SCc2ccoc2C(=O)OC)nc2ccccc21. The van der Waals surface area contributed by atoms with E-state index < -0.39 is 5.97 Å². The molecule has 22 heavy (non-hydrogen) atoms. The molecule has 0 unspecified atom stereocenters. The number of carbonyl (C=O) groups is 1. The van der Waals surface area contributed by atoms with Gasteiger partial charge in [-0.1, -0.05) is 23.9 Å². The lowest BCUT2D eigenvalue weighted by Crippen LogP contribution is -2.02. The van der Waals surface area contributed by atoms with E-state index in [1.165, 1.54) is 13.4 Å². The highest BCUT2D eigenvalue weighted by atomic mass is 32.2. The van der Waals surface area contributed by atoms with Crippen LogP contribution in [0.2, 0.25) is 0 Å². The third kappa shape index (κ3) is 2.62. The lowest BCUT2D eigenvalue weighted by atomic mass is 10.3. The first kappa shape index (κ1) is 14.7. The fourth-order valence-corrected chi connectivity index (χ4v) is 3.39. The van der Waals surface area contributed by atoms with Crippen LogP contribution in [0.3, 0.4) is 0 Å². The maximum atomic E-state index is 11.6. The molecule has 6 heteroatoms. The van der Waals surface area contributed by atoms with E-state index in [0.29, 0.717) is 5.75 Å². The number of esters is 1. The van der Waals surface area contributed by atoms with Gasteiger partial charge < -0.3 is 13.7 Å². The van der Waals surface area contributed by atoms with Gasteiger partial charge >= 0.3 is 5.97 Å². The smallest absolute Gasteiger partial charge is 0.374 e. The Hall–Kier alpha value is -2.21. The summed E-state index contributed by atoms with van der Waals surface area (Å²) in [5.74, 6) is 0.406. The van der Waals surface area contributed by atoms with E-state index in [4.69, 9.17) is 9.15 Å². The number of hydrogen-bond donors (Lipinski definition) is 0. The highest BCUT2D eigenvalue weighted by Gasteiger charge is 2.17. The number of ether oxygens (including phenoxy) is 1. The topological polar surface area (TPSA) is 57.3 Å². The summed E-state index contributed by atoms with van der Waals surface area (Å²) in [4.78, 5) is 16.3. The number of carbonyl (C=O) groups excluding carboxylic acids is 1. The fourth-order valence-electron chi connectivity index (χ4n) is 2.33. The summed E-state index contributed by atoms with van der Waals surface area (Å²) in [6.07, 6.45) is 1.50. The predicted molar refractivity (Wildman–Crippen MR) is 85.0 cm³/mol. The van der Waals surface area contributed by atoms with Crippen LogP contribution in [-0.4, -0.2) is 22.6 Å². The van der Waals surface area contributed by atoms with Crippen molar-refractivity contribution in [2.24, 2.45) is 0 Å². The van der Waals surface area contributed by atoms with Crippen LogP contribution in [-0.2, 0) is 17.0 Å². The zero-order chi connectivity index (χ0) is 15.5. The van der Waals surface area contributed by atoms with Crippen LogP contribution < -0.4 is 0 Å². The summed E-state index contributed by atoms with van der Waals surface area (Å²) >= 11 is 1.58. The minimum atomic E-state index is -0.454. The largest absolute Gasteiger partial charge is 0.463 e. The first-order chi connectivity index (χ1) is 10.7. The van der Waals surface area contributed by atoms with Gasteiger partial charge in [-0.15, -0.1) is 0 Å². The molecule has 2 aromatic heterocycles. The molecule has 0 bridgehead atoms. The molecule has 0 aliphatic carbocycles. The number of fused-ring (bicyclic) bond motifs is 1. The standard InChI is InChI=1S/C16H16N2O3S/c1-3-18-13-7-5-4-6-12(13)17-16(18)22-10-11-8-9-21-14(11)15(19)20-2/h4-9H,3,10H2,1-2H3. The Morgan fingerprint density at radius 2 is 2.18 bits per heavy atom. The van der Waals surface area contributed by atoms with Crippen molar-refractivity contribution in [2.45, 2.75) is 24.4 Å². The summed E-state index contributed by atoms with van der Waals surface area (Å²) < 4.78 is 12.1. The van der Waals surface area contributed by atoms with Gasteiger partial charge in [0.2, 0.25) is 5.76 Å². The molecule has 0 saturated heterocycles. The molecule has 5 nitrogen and oxygen atoms in total. The minimum absolute atomic E-state index is 0.258. The average Bonchev–Trinajstić information content (AvgIpc) is 3.15. The fraction of sp³-hybridized carbons (Fsp3) is 0.250. The van der Waals surface area contributed by atoms with Crippen molar-refractivity contribution in [3.8, 4) is 0 Å². The number of aromatic nitrogens is 2. The Balaban J connectivity index is 1.85. The van der Waals surface area contributed by atoms with Gasteiger partial charge in [0.15, 0.2) is 5.16 Å². The van der Waals surface area contributed by atoms with E-state index in [1.54, 1.807) is 17.8 Å². The molecular weight excluding hydrogens is 300 g/mol. The zero-order valence-corrected chi connectivity index (χ0v) is 13.2. The van der Waals surface area contributed by atoms with E-state index in [-0.39, 0.29) is 5.76 Å². The number of para-hydroxylation sites is 2. The zero-order valence-electron chi connectivity index (χ0n) is 12.4. The number of benzene rings is 1. The lowest BCUT2D eigenvalue weighted by Gasteiger charge is -2.05. The number of furan rings is 1. The van der Waals surface area contributed by atoms with Crippen molar-refractivity contribution in [2.75, 3.05) is 7.11 Å². The molecule has 0 amide bonds. The highest BCUT2D eigenvalue weighted by molar-refractivity contribution is 7.98. The number of thioether (sulfide) groups is 1. The van der Waals surface area contributed by atoms with Crippen molar-refractivity contribution in [3.63, 3.8) is 0 Å². The molecule has 0 aliphatic heterocycles. The molecule has 0 spiro atoms. The normalized spacial score (nSPS) is 11.0. The molecule has 0 saturated carbocycles. The van der Waals surface area contributed by atoms with Gasteiger partial charge in [0.25, 0.3) is 0 Å². The quantitative estimate of drug-likeness (QED) is 0.530. The van der Waals surface area contributed by atoms with Crippen LogP contribution in [0.5, 0.6) is 0 Å². The Morgan fingerprint density at radius 3 is 2.95 bits per heavy atom. The van der Waals surface area contributed by atoms with E-state index >= 15 is 0 Å². The summed E-state index contributed by atoms with van der Waals surface area (Å²) in [5.41, 5.74) is 2.91. The molecule has 0 N–H and O–H groups in total. The Morgan fingerprint density at radius 1 is 1.36 bits per heavy atom. The van der Waals surface area contributed by atoms with Crippen molar-refractivity contribution >= 4 is 28.8 Å². The second kappa shape index (κ2) is 6.27. The summed E-state index contributed by atoms with van der Waals surface area (Å²) in [6.45, 7) is 2.94. The van der Waals surface area contributed by atoms with Gasteiger partial charge in [-0.3, -0.25) is 0 Å². The second-order valence-corrected chi connectivity index (χ2v) is 5.63. The van der Waals surface area contributed by atoms with Crippen LogP contribution >= 0.6 is 11.8 Å². The number of imidazole rings is 1. The van der Waals surface area contributed by atoms with Crippen LogP contribution in [0, 0.1) is 0 Å². The number of nitrogens with zero attached hydrogens (tertiary/aromatic N) is 2. The molecular formula is C16H16N2O3S. The summed E-state index contributed by atoms with van der Waals surface area (Å²) in [7, 11) is 1.35. The van der Waals surface area contributed by atoms with E-state index in [0.717, 1.165) is 28.3 Å². The maximum Gasteiger partial charge on any atom is 0.374 e. The number of aryl methyl sites for hydroxylation is 1. The minimum Gasteiger partial charge on any atom is -0.463 e. The molecule has 1 aromatic carbocycles. The van der Waals surface area contributed by atoms with E-state index in [2.05, 4.69) is 22.5 Å². The molecule has 0 fully saturated rings. The molecule has 0 radical (unpaired) electrons. The predicted octanol–water partition coefficient (Wildman–Crippen LogP) is 3.73. The second-order valence-electron chi connectivity index (χ2n) is 4.68. The van der Waals surface area contributed by atoms with Gasteiger partial charge in [-0.2, -0.15) is 0 Å². The van der Waals surface area contributed by atoms with Gasteiger partial charge in [-0.25, -0.2) is 9.78 Å². The molecule has 2 heterocycles. The number of methoxy groups -OCH3 is 1. The molecule has 114 valence electrons. The molecule has 3 rings (SSSR count). The van der Waals surface area contributed by atoms with Crippen molar-refractivity contribution < 1.29 is 13.9 Å². The van der Waals surface area contributed by atoms with Crippen molar-refractivity contribution in [3.05, 3.63) is 47.9 Å². The molecule has 0 aliphatic rings. The van der Waals surface area contributed by atoms with E-state index in [9.17, 15) is 4.79 Å². The maximum absolute atomic E-state index is 11.6. The Kier molecular flexibility index (Phi) is 4.20. The van der Waals surface area contributed by atoms with Crippen LogP contribution in [0.1, 0.15) is 23.0 Å². The number of hydrogen-bond acceptors (Lipinski definition) is 5. The van der Waals surface area contributed by atoms with Crippen LogP contribution in [0.4, 0.5) is 0 Å². The Bertz CT molecular complexity index is 807. The summed E-state index contributed by atoms with van der Waals surface area (Å²) in [5, 5.41) is 0.931. The van der Waals surface area contributed by atoms with Gasteiger partial charge in [-0.05, 0) is 25.1 Å². The third-order valence-electron chi connectivity index (χ3n) is 3.41. The van der Waals surface area contributed by atoms with Crippen molar-refractivity contribution in [1.29, 1.82) is 0 Å². The van der Waals surface area contributed by atoms with Gasteiger partial charge in [0.1, 0.15) is 0 Å². The lowest BCUT2D eigenvalue weighted by molar-refractivity contribution is 0.0564. The van der Waals surface area contributed by atoms with E-state index in [1.807, 2.05) is 18.2 Å². The van der Waals surface area contributed by atoms with Crippen LogP contribution in [0.25, 0.3) is 11.0 Å². The van der Waals surface area contributed by atoms with Crippen molar-refractivity contribution in [1.82, 2.24) is 9.55 Å². The monoisotopic (exact) mass is 316 g/mol. The molecule has 0 atom stereocenters. The molecule has 3 aromatic rings. The van der Waals surface area contributed by atoms with Crippen LogP contribution in [0.15, 0.2) is 46.2 Å². The highest BCUT2D eigenvalue weighted by Crippen LogP contribution is 2.28.